The lowest BCUT2D eigenvalue weighted by Gasteiger charge is -2.35. The molecule has 1 aromatic heterocycles. The fraction of sp³-hybridized carbons (Fsp3) is 0.0169. The van der Waals surface area contributed by atoms with Crippen LogP contribution in [0.4, 0.5) is 17.1 Å². The van der Waals surface area contributed by atoms with Gasteiger partial charge in [0.2, 0.25) is 0 Å². The molecule has 0 fully saturated rings. The maximum Gasteiger partial charge on any atom is 0.0719 e. The first-order valence-electron chi connectivity index (χ1n) is 24.0. The molecule has 2 nitrogen and oxygen atoms in total. The van der Waals surface area contributed by atoms with E-state index in [1.54, 1.807) is 0 Å². The van der Waals surface area contributed by atoms with Crippen LogP contribution in [0.5, 0.6) is 0 Å². The van der Waals surface area contributed by atoms with Crippen LogP contribution in [0.2, 0.25) is 0 Å². The summed E-state index contributed by atoms with van der Waals surface area (Å²) in [7, 11) is 0. The molecular weight excluding hydrogens is 737 g/mol. The lowest BCUT2D eigenvalue weighted by atomic mass is 9.66. The van der Waals surface area contributed by atoms with Gasteiger partial charge in [0.05, 0.1) is 26.0 Å². The lowest BCUT2D eigenvalue weighted by molar-refractivity contribution is 0.778. The molecule has 2 heteroatoms. The van der Waals surface area contributed by atoms with Gasteiger partial charge in [-0.25, -0.2) is 0 Å². The Hall–Kier alpha value is -7.94. The largest absolute Gasteiger partial charge is 0.310 e. The minimum atomic E-state index is -1.40. The highest BCUT2D eigenvalue weighted by Gasteiger charge is 2.47. The van der Waals surface area contributed by atoms with Crippen molar-refractivity contribution in [3.8, 4) is 27.9 Å². The zero-order valence-electron chi connectivity index (χ0n) is 39.9. The predicted molar refractivity (Wildman–Crippen MR) is 256 cm³/mol. The molecule has 1 aliphatic rings. The van der Waals surface area contributed by atoms with E-state index in [1.165, 1.54) is 0 Å². The van der Waals surface area contributed by atoms with Gasteiger partial charge in [0.1, 0.15) is 0 Å². The van der Waals surface area contributed by atoms with E-state index in [4.69, 9.17) is 2.74 Å². The smallest absolute Gasteiger partial charge is 0.0719 e. The number of para-hydroxylation sites is 3. The van der Waals surface area contributed by atoms with Crippen LogP contribution >= 0.6 is 0 Å². The van der Waals surface area contributed by atoms with Gasteiger partial charge in [-0.3, -0.25) is 0 Å². The summed E-state index contributed by atoms with van der Waals surface area (Å²) in [6, 6.07) is 65.5. The van der Waals surface area contributed by atoms with Crippen molar-refractivity contribution < 1.29 is 9.60 Å². The van der Waals surface area contributed by atoms with Gasteiger partial charge in [-0.15, -0.1) is 0 Å². The molecular formula is C59H40N2. The van der Waals surface area contributed by atoms with Gasteiger partial charge in [0.25, 0.3) is 0 Å². The van der Waals surface area contributed by atoms with Gasteiger partial charge >= 0.3 is 0 Å². The highest BCUT2D eigenvalue weighted by molar-refractivity contribution is 6.10. The van der Waals surface area contributed by atoms with E-state index in [0.717, 1.165) is 83.5 Å². The first-order chi connectivity index (χ1) is 33.2. The van der Waals surface area contributed by atoms with Crippen molar-refractivity contribution in [2.45, 2.75) is 5.41 Å². The zero-order valence-corrected chi connectivity index (χ0v) is 32.9. The summed E-state index contributed by atoms with van der Waals surface area (Å²) in [5.74, 6) is 0. The van der Waals surface area contributed by atoms with Crippen molar-refractivity contribution in [1.82, 2.24) is 4.57 Å². The summed E-state index contributed by atoms with van der Waals surface area (Å²) in [4.78, 5) is 2.22. The summed E-state index contributed by atoms with van der Waals surface area (Å²) in [6.07, 6.45) is 0. The van der Waals surface area contributed by atoms with Crippen molar-refractivity contribution in [2.24, 2.45) is 0 Å². The molecule has 0 bridgehead atoms. The minimum absolute atomic E-state index is 0.0601. The Morgan fingerprint density at radius 1 is 0.393 bits per heavy atom. The predicted octanol–water partition coefficient (Wildman–Crippen LogP) is 15.4. The molecule has 0 aliphatic heterocycles. The molecule has 10 aromatic carbocycles. The van der Waals surface area contributed by atoms with Crippen LogP contribution in [0.15, 0.2) is 242 Å². The first kappa shape index (κ1) is 28.5. The summed E-state index contributed by atoms with van der Waals surface area (Å²) < 4.78 is 67.3. The normalized spacial score (nSPS) is 15.9. The maximum atomic E-state index is 9.98. The number of benzene rings is 10. The lowest BCUT2D eigenvalue weighted by Crippen LogP contribution is -2.29. The Morgan fingerprint density at radius 3 is 1.85 bits per heavy atom. The number of nitrogens with zero attached hydrogens (tertiary/aromatic N) is 2. The highest BCUT2D eigenvalue weighted by Crippen LogP contribution is 2.58. The third-order valence-electron chi connectivity index (χ3n) is 12.3. The molecule has 0 saturated carbocycles. The molecule has 11 aromatic rings. The van der Waals surface area contributed by atoms with Crippen molar-refractivity contribution in [2.75, 3.05) is 4.90 Å². The molecule has 1 heterocycles. The third kappa shape index (κ3) is 5.43. The van der Waals surface area contributed by atoms with E-state index in [1.807, 2.05) is 84.9 Å². The fourth-order valence-corrected chi connectivity index (χ4v) is 9.75. The van der Waals surface area contributed by atoms with Gasteiger partial charge in [-0.2, -0.15) is 0 Å². The van der Waals surface area contributed by atoms with E-state index in [-0.39, 0.29) is 28.4 Å². The molecule has 0 spiro atoms. The number of rotatable bonds is 7. The van der Waals surface area contributed by atoms with Gasteiger partial charge in [-0.1, -0.05) is 176 Å². The number of fused-ring (bicyclic) bond motifs is 7. The van der Waals surface area contributed by atoms with Crippen LogP contribution in [0.1, 0.15) is 31.8 Å². The quantitative estimate of drug-likeness (QED) is 0.156. The molecule has 0 saturated heterocycles. The molecule has 0 N–H and O–H groups in total. The number of hydrogen-bond donors (Lipinski definition) is 0. The van der Waals surface area contributed by atoms with Crippen LogP contribution in [0.3, 0.4) is 0 Å². The topological polar surface area (TPSA) is 8.17 Å². The van der Waals surface area contributed by atoms with Crippen molar-refractivity contribution in [3.63, 3.8) is 0 Å². The molecule has 1 unspecified atom stereocenters. The van der Waals surface area contributed by atoms with Crippen LogP contribution in [0, 0.1) is 0 Å². The van der Waals surface area contributed by atoms with Gasteiger partial charge in [-0.05, 0) is 122 Å². The van der Waals surface area contributed by atoms with Gasteiger partial charge in [0.15, 0.2) is 0 Å². The van der Waals surface area contributed by atoms with Crippen molar-refractivity contribution in [1.29, 1.82) is 0 Å². The zero-order chi connectivity index (χ0) is 46.4. The molecule has 61 heavy (non-hydrogen) atoms. The van der Waals surface area contributed by atoms with Gasteiger partial charge in [0, 0.05) is 33.5 Å². The maximum absolute atomic E-state index is 9.98. The van der Waals surface area contributed by atoms with E-state index in [9.17, 15) is 6.85 Å². The van der Waals surface area contributed by atoms with Crippen LogP contribution in [-0.2, 0) is 5.41 Å². The second-order valence-electron chi connectivity index (χ2n) is 15.5. The van der Waals surface area contributed by atoms with E-state index < -0.39 is 35.6 Å². The van der Waals surface area contributed by atoms with Gasteiger partial charge < -0.3 is 9.47 Å². The Morgan fingerprint density at radius 2 is 1.02 bits per heavy atom. The summed E-state index contributed by atoms with van der Waals surface area (Å²) >= 11 is 0. The van der Waals surface area contributed by atoms with Crippen LogP contribution in [-0.4, -0.2) is 4.57 Å². The number of hydrogen-bond acceptors (Lipinski definition) is 1. The average molecular weight is 784 g/mol. The second kappa shape index (κ2) is 14.1. The molecule has 0 radical (unpaired) electrons. The average Bonchev–Trinajstić information content (AvgIpc) is 3.88. The summed E-state index contributed by atoms with van der Waals surface area (Å²) in [5, 5.41) is 1.96. The number of aromatic nitrogens is 1. The van der Waals surface area contributed by atoms with E-state index in [0.29, 0.717) is 0 Å². The summed E-state index contributed by atoms with van der Waals surface area (Å²) in [6.45, 7) is 0. The standard InChI is InChI=1S/C59H40N2/c1-4-17-41(18-5-1)42-31-34-47(35-32-42)60(45-21-6-2-7-22-45)48-36-37-56-52(40-48)50-26-12-14-28-55(50)59(56,54-29-16-20-43-19-10-11-25-49(43)54)44-33-38-58-53(39-44)51-27-13-15-30-57(51)61(58)46-23-8-3-9-24-46/h1-40H/i10D,11D,16D,19D,20D,25D,29D. The van der Waals surface area contributed by atoms with Crippen molar-refractivity contribution >= 4 is 49.6 Å². The summed E-state index contributed by atoms with van der Waals surface area (Å²) in [5.41, 5.74) is 11.0. The van der Waals surface area contributed by atoms with E-state index >= 15 is 0 Å². The molecule has 0 amide bonds. The van der Waals surface area contributed by atoms with Crippen molar-refractivity contribution in [3.05, 3.63) is 265 Å². The first-order valence-corrected chi connectivity index (χ1v) is 20.5. The Kier molecular flexibility index (Phi) is 6.59. The molecule has 12 rings (SSSR count). The Labute approximate surface area is 365 Å². The Bertz CT molecular complexity index is 3810. The SMILES string of the molecule is [2H]c1c([2H])c([2H])c2c(C3(c4ccc5c(c4)c4ccccc4n5-c4ccccc4)c4ccccc4-c4cc(N(c5ccccc5)c5ccc(-c6ccccc6)cc5)ccc43)c([2H])c([2H])c([2H])c2c1[2H]. The fourth-order valence-electron chi connectivity index (χ4n) is 9.75. The Balaban J connectivity index is 1.19. The third-order valence-corrected chi connectivity index (χ3v) is 12.3. The second-order valence-corrected chi connectivity index (χ2v) is 15.5. The monoisotopic (exact) mass is 783 g/mol. The van der Waals surface area contributed by atoms with E-state index in [2.05, 4.69) is 125 Å². The number of anilines is 3. The van der Waals surface area contributed by atoms with Crippen LogP contribution < -0.4 is 4.90 Å². The molecule has 1 aliphatic carbocycles. The molecule has 286 valence electrons. The van der Waals surface area contributed by atoms with Crippen LogP contribution in [0.25, 0.3) is 60.5 Å². The minimum Gasteiger partial charge on any atom is -0.310 e. The molecule has 1 atom stereocenters. The highest BCUT2D eigenvalue weighted by atomic mass is 15.1.